The lowest BCUT2D eigenvalue weighted by Gasteiger charge is -2.34. The van der Waals surface area contributed by atoms with Gasteiger partial charge in [-0.15, -0.1) is 0 Å². The molecular weight excluding hydrogens is 565 g/mol. The van der Waals surface area contributed by atoms with Gasteiger partial charge < -0.3 is 14.5 Å². The van der Waals surface area contributed by atoms with Crippen LogP contribution in [0.4, 0.5) is 18.9 Å². The molecule has 3 heterocycles. The molecule has 0 aliphatic carbocycles. The van der Waals surface area contributed by atoms with Crippen LogP contribution in [-0.4, -0.2) is 73.6 Å². The largest absolute Gasteiger partial charge is 0.486 e. The Balaban J connectivity index is 1.29. The minimum atomic E-state index is -3.01. The lowest BCUT2D eigenvalue weighted by atomic mass is 9.88. The Morgan fingerprint density at radius 1 is 1.02 bits per heavy atom. The van der Waals surface area contributed by atoms with Crippen molar-refractivity contribution in [2.45, 2.75) is 52.0 Å². The first-order valence-corrected chi connectivity index (χ1v) is 16.3. The number of rotatable bonds is 9. The van der Waals surface area contributed by atoms with Gasteiger partial charge in [0.15, 0.2) is 27.2 Å². The molecule has 0 saturated carbocycles. The van der Waals surface area contributed by atoms with Crippen molar-refractivity contribution >= 4 is 15.5 Å². The highest BCUT2D eigenvalue weighted by Crippen LogP contribution is 2.39. The molecule has 0 radical (unpaired) electrons. The van der Waals surface area contributed by atoms with Crippen LogP contribution in [0.15, 0.2) is 36.5 Å². The normalized spacial score (nSPS) is 16.5. The molecule has 0 N–H and O–H groups in total. The number of ether oxygens (including phenoxy) is 1. The van der Waals surface area contributed by atoms with Gasteiger partial charge in [-0.05, 0) is 75.0 Å². The molecule has 2 aliphatic heterocycles. The summed E-state index contributed by atoms with van der Waals surface area (Å²) in [4.78, 5) is 12.7. The number of sulfone groups is 1. The molecule has 5 rings (SSSR count). The molecule has 1 aromatic heterocycles. The number of halogens is 3. The third-order valence-electron chi connectivity index (χ3n) is 8.22. The number of aromatic nitrogens is 2. The van der Waals surface area contributed by atoms with E-state index < -0.39 is 21.5 Å². The zero-order valence-electron chi connectivity index (χ0n) is 24.2. The summed E-state index contributed by atoms with van der Waals surface area (Å²) in [6.45, 7) is 8.57. The molecule has 7 nitrogen and oxygen atoms in total. The van der Waals surface area contributed by atoms with Crippen molar-refractivity contribution in [1.82, 2.24) is 14.9 Å². The number of nitrogens with zero attached hydrogens (tertiary/aromatic N) is 4. The predicted octanol–water partition coefficient (Wildman–Crippen LogP) is 5.37. The molecular formula is C31H37F3N4O3S. The van der Waals surface area contributed by atoms with Crippen LogP contribution in [0.1, 0.15) is 56.5 Å². The van der Waals surface area contributed by atoms with E-state index in [4.69, 9.17) is 4.74 Å². The molecule has 0 atom stereocenters. The summed E-state index contributed by atoms with van der Waals surface area (Å²) in [5.41, 5.74) is 2.10. The fourth-order valence-electron chi connectivity index (χ4n) is 5.74. The predicted molar refractivity (Wildman–Crippen MR) is 157 cm³/mol. The summed E-state index contributed by atoms with van der Waals surface area (Å²) in [6, 6.07) is 8.11. The number of likely N-dealkylation sites (tertiary alicyclic amines) is 1. The number of hydrogen-bond acceptors (Lipinski definition) is 7. The fraction of sp³-hybridized carbons (Fsp3) is 0.484. The molecule has 2 aromatic carbocycles. The number of benzene rings is 2. The van der Waals surface area contributed by atoms with E-state index in [1.54, 1.807) is 19.1 Å². The van der Waals surface area contributed by atoms with Crippen molar-refractivity contribution in [1.29, 1.82) is 0 Å². The van der Waals surface area contributed by atoms with Crippen LogP contribution in [0, 0.1) is 17.5 Å². The number of fused-ring (bicyclic) bond motifs is 1. The van der Waals surface area contributed by atoms with Gasteiger partial charge in [-0.2, -0.15) is 0 Å². The van der Waals surface area contributed by atoms with Gasteiger partial charge in [-0.25, -0.2) is 31.6 Å². The van der Waals surface area contributed by atoms with Crippen LogP contribution in [0.5, 0.6) is 5.75 Å². The van der Waals surface area contributed by atoms with E-state index >= 15 is 8.78 Å². The molecule has 0 unspecified atom stereocenters. The highest BCUT2D eigenvalue weighted by Gasteiger charge is 2.26. The number of piperidine rings is 1. The minimum Gasteiger partial charge on any atom is -0.486 e. The van der Waals surface area contributed by atoms with Crippen molar-refractivity contribution in [3.63, 3.8) is 0 Å². The quantitative estimate of drug-likeness (QED) is 0.326. The second-order valence-corrected chi connectivity index (χ2v) is 13.8. The molecule has 0 amide bonds. The second-order valence-electron chi connectivity index (χ2n) is 11.3. The maximum atomic E-state index is 15.2. The van der Waals surface area contributed by atoms with Gasteiger partial charge in [0.2, 0.25) is 0 Å². The lowest BCUT2D eigenvalue weighted by Crippen LogP contribution is -2.38. The zero-order chi connectivity index (χ0) is 30.0. The van der Waals surface area contributed by atoms with Crippen molar-refractivity contribution < 1.29 is 26.3 Å². The lowest BCUT2D eigenvalue weighted by molar-refractivity contribution is 0.221. The first-order valence-electron chi connectivity index (χ1n) is 14.5. The highest BCUT2D eigenvalue weighted by atomic mass is 32.2. The standard InChI is InChI=1S/C31H37F3N4O3S/c1-4-42(39,40)14-12-37-9-7-22(8-10-37)24-6-5-21(15-25(24)32)16-29-35-19-27(34)30(36-29)23-17-26(33)31-28(18-23)38(20(2)3)11-13-41-31/h5-6,15,17-20,22H,4,7-14,16H2,1-3H3. The van der Waals surface area contributed by atoms with Crippen LogP contribution >= 0.6 is 0 Å². The molecule has 0 spiro atoms. The van der Waals surface area contributed by atoms with Gasteiger partial charge in [0, 0.05) is 30.3 Å². The van der Waals surface area contributed by atoms with Gasteiger partial charge in [0.05, 0.1) is 24.2 Å². The van der Waals surface area contributed by atoms with Gasteiger partial charge in [0.1, 0.15) is 23.9 Å². The summed E-state index contributed by atoms with van der Waals surface area (Å²) < 4.78 is 74.3. The van der Waals surface area contributed by atoms with E-state index in [0.29, 0.717) is 42.3 Å². The van der Waals surface area contributed by atoms with Gasteiger partial charge in [-0.3, -0.25) is 0 Å². The molecule has 42 heavy (non-hydrogen) atoms. The Kier molecular flexibility index (Phi) is 9.08. The highest BCUT2D eigenvalue weighted by molar-refractivity contribution is 7.91. The first-order chi connectivity index (χ1) is 20.0. The summed E-state index contributed by atoms with van der Waals surface area (Å²) in [5, 5.41) is 0. The van der Waals surface area contributed by atoms with E-state index in [1.807, 2.05) is 24.8 Å². The average molecular weight is 603 g/mol. The number of hydrogen-bond donors (Lipinski definition) is 0. The Morgan fingerprint density at radius 2 is 1.79 bits per heavy atom. The topological polar surface area (TPSA) is 75.6 Å². The zero-order valence-corrected chi connectivity index (χ0v) is 25.1. The Bertz CT molecular complexity index is 1540. The molecule has 1 fully saturated rings. The van der Waals surface area contributed by atoms with Gasteiger partial charge in [0.25, 0.3) is 0 Å². The Morgan fingerprint density at radius 3 is 2.48 bits per heavy atom. The SMILES string of the molecule is CCS(=O)(=O)CCN1CCC(c2ccc(Cc3ncc(F)c(-c4cc(F)c5c(c4)N(C(C)C)CCO5)n3)cc2F)CC1. The third kappa shape index (κ3) is 6.72. The summed E-state index contributed by atoms with van der Waals surface area (Å²) >= 11 is 0. The van der Waals surface area contributed by atoms with Crippen molar-refractivity contribution in [3.8, 4) is 17.0 Å². The van der Waals surface area contributed by atoms with Crippen LogP contribution in [0.2, 0.25) is 0 Å². The molecule has 2 aliphatic rings. The molecule has 3 aromatic rings. The first kappa shape index (κ1) is 30.3. The smallest absolute Gasteiger partial charge is 0.178 e. The van der Waals surface area contributed by atoms with E-state index in [-0.39, 0.29) is 52.7 Å². The summed E-state index contributed by atoms with van der Waals surface area (Å²) in [5.74, 6) is -0.774. The van der Waals surface area contributed by atoms with E-state index in [2.05, 4.69) is 14.9 Å². The van der Waals surface area contributed by atoms with Crippen LogP contribution in [-0.2, 0) is 16.3 Å². The van der Waals surface area contributed by atoms with Gasteiger partial charge in [-0.1, -0.05) is 19.1 Å². The molecule has 226 valence electrons. The Hall–Kier alpha value is -3.18. The monoisotopic (exact) mass is 602 g/mol. The molecule has 0 bridgehead atoms. The molecule has 11 heteroatoms. The van der Waals surface area contributed by atoms with Crippen LogP contribution in [0.3, 0.4) is 0 Å². The molecule has 1 saturated heterocycles. The van der Waals surface area contributed by atoms with Crippen molar-refractivity contribution in [3.05, 3.63) is 70.9 Å². The third-order valence-corrected chi connectivity index (χ3v) is 9.90. The maximum Gasteiger partial charge on any atom is 0.178 e. The number of anilines is 1. The van der Waals surface area contributed by atoms with Crippen molar-refractivity contribution in [2.24, 2.45) is 0 Å². The van der Waals surface area contributed by atoms with Crippen LogP contribution in [0.25, 0.3) is 11.3 Å². The summed E-state index contributed by atoms with van der Waals surface area (Å²) in [7, 11) is -3.01. The van der Waals surface area contributed by atoms with Crippen LogP contribution < -0.4 is 9.64 Å². The average Bonchev–Trinajstić information content (AvgIpc) is 2.97. The van der Waals surface area contributed by atoms with Crippen molar-refractivity contribution in [2.75, 3.05) is 49.2 Å². The van der Waals surface area contributed by atoms with E-state index in [1.165, 1.54) is 12.1 Å². The fourth-order valence-corrected chi connectivity index (χ4v) is 6.57. The minimum absolute atomic E-state index is 0.0217. The van der Waals surface area contributed by atoms with Gasteiger partial charge >= 0.3 is 0 Å². The van der Waals surface area contributed by atoms with E-state index in [9.17, 15) is 12.8 Å². The maximum absolute atomic E-state index is 15.2. The Labute approximate surface area is 245 Å². The van der Waals surface area contributed by atoms with E-state index in [0.717, 1.165) is 32.1 Å². The summed E-state index contributed by atoms with van der Waals surface area (Å²) in [6.07, 6.45) is 2.76. The second kappa shape index (κ2) is 12.6.